The molecule has 1 aliphatic heterocycles. The van der Waals surface area contributed by atoms with Crippen molar-refractivity contribution >= 4 is 23.0 Å². The molecule has 2 aromatic carbocycles. The molecule has 0 radical (unpaired) electrons. The highest BCUT2D eigenvalue weighted by molar-refractivity contribution is 5.77. The predicted molar refractivity (Wildman–Crippen MR) is 141 cm³/mol. The Bertz CT molecular complexity index is 1070. The SMILES string of the molecule is COc1ccc(N2CCN(C(=O)COC3CCC(Nc4ccc(N=O)c(CF)c4)CC3)CC2)cc1OC. The third-order valence-electron chi connectivity index (χ3n) is 7.17. The van der Waals surface area contributed by atoms with E-state index in [-0.39, 0.29) is 30.3 Å². The number of nitroso groups, excluding NO2 is 1. The van der Waals surface area contributed by atoms with Gasteiger partial charge in [0.15, 0.2) is 11.5 Å². The maximum absolute atomic E-state index is 13.1. The summed E-state index contributed by atoms with van der Waals surface area (Å²) < 4.78 is 29.8. The highest BCUT2D eigenvalue weighted by Crippen LogP contribution is 2.32. The van der Waals surface area contributed by atoms with Crippen molar-refractivity contribution in [3.63, 3.8) is 0 Å². The third-order valence-corrected chi connectivity index (χ3v) is 7.17. The molecule has 1 amide bonds. The number of hydrogen-bond acceptors (Lipinski definition) is 8. The molecule has 9 nitrogen and oxygen atoms in total. The Hall–Kier alpha value is -3.40. The lowest BCUT2D eigenvalue weighted by atomic mass is 9.92. The van der Waals surface area contributed by atoms with Crippen molar-refractivity contribution in [2.24, 2.45) is 5.18 Å². The maximum Gasteiger partial charge on any atom is 0.248 e. The molecule has 2 aromatic rings. The van der Waals surface area contributed by atoms with Crippen LogP contribution < -0.4 is 19.7 Å². The Morgan fingerprint density at radius 3 is 2.38 bits per heavy atom. The first-order chi connectivity index (χ1) is 18.0. The Balaban J connectivity index is 1.18. The molecule has 1 saturated carbocycles. The number of alkyl halides is 1. The summed E-state index contributed by atoms with van der Waals surface area (Å²) >= 11 is 0. The fourth-order valence-electron chi connectivity index (χ4n) is 5.00. The number of carbonyl (C=O) groups excluding carboxylic acids is 1. The number of piperazine rings is 1. The molecule has 0 unspecified atom stereocenters. The second kappa shape index (κ2) is 12.7. The summed E-state index contributed by atoms with van der Waals surface area (Å²) in [5, 5.41) is 6.28. The zero-order valence-electron chi connectivity index (χ0n) is 21.5. The van der Waals surface area contributed by atoms with E-state index in [0.29, 0.717) is 30.2 Å². The molecule has 4 rings (SSSR count). The summed E-state index contributed by atoms with van der Waals surface area (Å²) in [6.45, 7) is 2.15. The van der Waals surface area contributed by atoms with Gasteiger partial charge in [0, 0.05) is 55.2 Å². The standard InChI is InChI=1S/C27H35FN4O5/c1-35-25-10-6-22(16-26(25)36-2)31-11-13-32(14-12-31)27(33)18-37-23-7-3-20(4-8-23)29-21-5-9-24(30-34)19(15-21)17-28/h5-6,9-10,15-16,20,23,29H,3-4,7-8,11-14,17-18H2,1-2H3. The Labute approximate surface area is 216 Å². The number of rotatable bonds is 10. The van der Waals surface area contributed by atoms with Gasteiger partial charge in [0.1, 0.15) is 19.0 Å². The normalized spacial score (nSPS) is 19.9. The van der Waals surface area contributed by atoms with E-state index in [9.17, 15) is 14.1 Å². The van der Waals surface area contributed by atoms with Crippen LogP contribution in [-0.4, -0.2) is 70.0 Å². The number of benzene rings is 2. The number of nitrogens with one attached hydrogen (secondary N) is 1. The van der Waals surface area contributed by atoms with E-state index in [2.05, 4.69) is 15.4 Å². The summed E-state index contributed by atoms with van der Waals surface area (Å²) in [5.41, 5.74) is 2.26. The fraction of sp³-hybridized carbons (Fsp3) is 0.519. The van der Waals surface area contributed by atoms with E-state index in [1.807, 2.05) is 23.1 Å². The van der Waals surface area contributed by atoms with E-state index in [1.165, 1.54) is 6.07 Å². The van der Waals surface area contributed by atoms with E-state index in [1.54, 1.807) is 26.4 Å². The van der Waals surface area contributed by atoms with Gasteiger partial charge in [0.2, 0.25) is 5.91 Å². The monoisotopic (exact) mass is 514 g/mol. The molecule has 0 spiro atoms. The van der Waals surface area contributed by atoms with Crippen LogP contribution in [0.3, 0.4) is 0 Å². The van der Waals surface area contributed by atoms with Crippen molar-refractivity contribution in [2.75, 3.05) is 57.2 Å². The summed E-state index contributed by atoms with van der Waals surface area (Å²) in [5.74, 6) is 1.41. The molecular weight excluding hydrogens is 479 g/mol. The molecule has 37 heavy (non-hydrogen) atoms. The van der Waals surface area contributed by atoms with Gasteiger partial charge in [-0.15, -0.1) is 4.91 Å². The summed E-state index contributed by atoms with van der Waals surface area (Å²) in [6, 6.07) is 11.0. The molecule has 10 heteroatoms. The van der Waals surface area contributed by atoms with Gasteiger partial charge in [-0.2, -0.15) is 0 Å². The second-order valence-electron chi connectivity index (χ2n) is 9.40. The van der Waals surface area contributed by atoms with Crippen LogP contribution in [0.1, 0.15) is 31.2 Å². The summed E-state index contributed by atoms with van der Waals surface area (Å²) in [7, 11) is 3.24. The minimum atomic E-state index is -0.726. The van der Waals surface area contributed by atoms with Gasteiger partial charge < -0.3 is 29.3 Å². The molecule has 2 aliphatic rings. The number of anilines is 2. The fourth-order valence-corrected chi connectivity index (χ4v) is 5.00. The van der Waals surface area contributed by atoms with Crippen LogP contribution in [0.4, 0.5) is 21.5 Å². The van der Waals surface area contributed by atoms with Gasteiger partial charge in [-0.1, -0.05) is 0 Å². The average Bonchev–Trinajstić information content (AvgIpc) is 2.96. The molecule has 1 heterocycles. The number of ether oxygens (including phenoxy) is 3. The molecule has 0 atom stereocenters. The van der Waals surface area contributed by atoms with Gasteiger partial charge >= 0.3 is 0 Å². The first kappa shape index (κ1) is 26.7. The molecule has 1 saturated heterocycles. The van der Waals surface area contributed by atoms with Gasteiger partial charge in [0.05, 0.1) is 20.3 Å². The third kappa shape index (κ3) is 6.68. The number of methoxy groups -OCH3 is 2. The molecule has 0 aromatic heterocycles. The molecule has 200 valence electrons. The zero-order valence-corrected chi connectivity index (χ0v) is 21.5. The minimum Gasteiger partial charge on any atom is -0.493 e. The van der Waals surface area contributed by atoms with Crippen LogP contribution in [0.15, 0.2) is 41.6 Å². The first-order valence-electron chi connectivity index (χ1n) is 12.7. The van der Waals surface area contributed by atoms with E-state index in [4.69, 9.17) is 14.2 Å². The molecule has 0 bridgehead atoms. The number of carbonyl (C=O) groups is 1. The van der Waals surface area contributed by atoms with Crippen LogP contribution in [0.5, 0.6) is 11.5 Å². The van der Waals surface area contributed by atoms with Crippen LogP contribution in [-0.2, 0) is 16.2 Å². The van der Waals surface area contributed by atoms with Gasteiger partial charge in [0.25, 0.3) is 0 Å². The quantitative estimate of drug-likeness (QED) is 0.461. The van der Waals surface area contributed by atoms with Crippen molar-refractivity contribution in [1.29, 1.82) is 0 Å². The smallest absolute Gasteiger partial charge is 0.248 e. The van der Waals surface area contributed by atoms with Crippen molar-refractivity contribution < 1.29 is 23.4 Å². The molecule has 1 N–H and O–H groups in total. The summed E-state index contributed by atoms with van der Waals surface area (Å²) in [6.07, 6.45) is 3.53. The molecular formula is C27H35FN4O5. The van der Waals surface area contributed by atoms with Crippen molar-refractivity contribution in [1.82, 2.24) is 4.90 Å². The Kier molecular flexibility index (Phi) is 9.16. The van der Waals surface area contributed by atoms with Crippen molar-refractivity contribution in [3.8, 4) is 11.5 Å². The van der Waals surface area contributed by atoms with E-state index in [0.717, 1.165) is 50.1 Å². The lowest BCUT2D eigenvalue weighted by Crippen LogP contribution is -2.50. The number of amides is 1. The zero-order chi connectivity index (χ0) is 26.2. The van der Waals surface area contributed by atoms with Crippen LogP contribution in [0.25, 0.3) is 0 Å². The second-order valence-corrected chi connectivity index (χ2v) is 9.40. The first-order valence-corrected chi connectivity index (χ1v) is 12.7. The average molecular weight is 515 g/mol. The number of nitrogens with zero attached hydrogens (tertiary/aromatic N) is 3. The number of hydrogen-bond donors (Lipinski definition) is 1. The largest absolute Gasteiger partial charge is 0.493 e. The van der Waals surface area contributed by atoms with E-state index < -0.39 is 6.67 Å². The summed E-state index contributed by atoms with van der Waals surface area (Å²) in [4.78, 5) is 27.6. The van der Waals surface area contributed by atoms with Crippen LogP contribution >= 0.6 is 0 Å². The van der Waals surface area contributed by atoms with Crippen LogP contribution in [0.2, 0.25) is 0 Å². The van der Waals surface area contributed by atoms with Gasteiger partial charge in [-0.3, -0.25) is 4.79 Å². The van der Waals surface area contributed by atoms with Gasteiger partial charge in [-0.25, -0.2) is 4.39 Å². The van der Waals surface area contributed by atoms with Crippen molar-refractivity contribution in [3.05, 3.63) is 46.9 Å². The molecule has 2 fully saturated rings. The molecule has 1 aliphatic carbocycles. The highest BCUT2D eigenvalue weighted by Gasteiger charge is 2.25. The Morgan fingerprint density at radius 1 is 1.00 bits per heavy atom. The Morgan fingerprint density at radius 2 is 1.73 bits per heavy atom. The highest BCUT2D eigenvalue weighted by atomic mass is 19.1. The van der Waals surface area contributed by atoms with E-state index >= 15 is 0 Å². The van der Waals surface area contributed by atoms with Crippen LogP contribution in [0, 0.1) is 4.91 Å². The lowest BCUT2D eigenvalue weighted by Gasteiger charge is -2.36. The van der Waals surface area contributed by atoms with Gasteiger partial charge in [-0.05, 0) is 61.2 Å². The minimum absolute atomic E-state index is 0.0230. The lowest BCUT2D eigenvalue weighted by molar-refractivity contribution is -0.139. The van der Waals surface area contributed by atoms with Crippen molar-refractivity contribution in [2.45, 2.75) is 44.5 Å². The predicted octanol–water partition coefficient (Wildman–Crippen LogP) is 4.66. The maximum atomic E-state index is 13.1. The topological polar surface area (TPSA) is 92.7 Å². The number of halogens is 1.